The Bertz CT molecular complexity index is 1020. The summed E-state index contributed by atoms with van der Waals surface area (Å²) in [6.07, 6.45) is 0. The fraction of sp³-hybridized carbons (Fsp3) is 0. The molecule has 0 aliphatic heterocycles. The fourth-order valence-electron chi connectivity index (χ4n) is 2.03. The highest BCUT2D eigenvalue weighted by Gasteiger charge is 2.15. The molecule has 0 spiro atoms. The summed E-state index contributed by atoms with van der Waals surface area (Å²) in [4.78, 5) is 27.4. The molecule has 3 rings (SSSR count). The maximum absolute atomic E-state index is 12.5. The van der Waals surface area contributed by atoms with E-state index in [1.807, 2.05) is 6.07 Å². The molecule has 0 saturated heterocycles. The van der Waals surface area contributed by atoms with Crippen LogP contribution >= 0.6 is 39.1 Å². The van der Waals surface area contributed by atoms with Gasteiger partial charge >= 0.3 is 5.69 Å². The van der Waals surface area contributed by atoms with E-state index >= 15 is 0 Å². The largest absolute Gasteiger partial charge is 0.439 e. The monoisotopic (exact) mass is 426 g/mol. The van der Waals surface area contributed by atoms with Crippen LogP contribution in [0, 0.1) is 0 Å². The molecule has 2 aromatic carbocycles. The van der Waals surface area contributed by atoms with Gasteiger partial charge in [0.2, 0.25) is 5.88 Å². The van der Waals surface area contributed by atoms with Gasteiger partial charge in [-0.15, -0.1) is 0 Å². The lowest BCUT2D eigenvalue weighted by molar-refractivity contribution is 0.452. The molecule has 0 aliphatic carbocycles. The van der Waals surface area contributed by atoms with E-state index < -0.39 is 11.2 Å². The van der Waals surface area contributed by atoms with Crippen molar-refractivity contribution in [3.8, 4) is 17.3 Å². The zero-order valence-corrected chi connectivity index (χ0v) is 15.0. The minimum absolute atomic E-state index is 0.0208. The Morgan fingerprint density at radius 1 is 1.00 bits per heavy atom. The van der Waals surface area contributed by atoms with Gasteiger partial charge in [-0.1, -0.05) is 41.4 Å². The van der Waals surface area contributed by atoms with E-state index in [4.69, 9.17) is 27.9 Å². The number of ether oxygens (including phenoxy) is 1. The molecule has 8 heteroatoms. The fourth-order valence-corrected chi connectivity index (χ4v) is 2.68. The molecule has 0 unspecified atom stereocenters. The quantitative estimate of drug-likeness (QED) is 0.674. The third-order valence-corrected chi connectivity index (χ3v) is 4.58. The van der Waals surface area contributed by atoms with Crippen LogP contribution in [0.15, 0.2) is 62.6 Å². The smallest absolute Gasteiger partial charge is 0.335 e. The van der Waals surface area contributed by atoms with Crippen molar-refractivity contribution in [1.82, 2.24) is 9.55 Å². The lowest BCUT2D eigenvalue weighted by Gasteiger charge is -2.10. The van der Waals surface area contributed by atoms with E-state index in [1.54, 1.807) is 24.3 Å². The van der Waals surface area contributed by atoms with Gasteiger partial charge in [-0.05, 0) is 46.3 Å². The minimum atomic E-state index is -0.660. The van der Waals surface area contributed by atoms with Crippen molar-refractivity contribution < 1.29 is 4.74 Å². The lowest BCUT2D eigenvalue weighted by Crippen LogP contribution is -2.34. The maximum atomic E-state index is 12.5. The van der Waals surface area contributed by atoms with Crippen molar-refractivity contribution in [2.45, 2.75) is 0 Å². The van der Waals surface area contributed by atoms with Gasteiger partial charge in [0.1, 0.15) is 10.2 Å². The first-order valence-corrected chi connectivity index (χ1v) is 8.25. The van der Waals surface area contributed by atoms with Gasteiger partial charge in [-0.25, -0.2) is 9.36 Å². The predicted octanol–water partition coefficient (Wildman–Crippen LogP) is 4.39. The second-order valence-corrected chi connectivity index (χ2v) is 6.33. The van der Waals surface area contributed by atoms with Gasteiger partial charge in [0, 0.05) is 0 Å². The summed E-state index contributed by atoms with van der Waals surface area (Å²) < 4.78 is 6.56. The van der Waals surface area contributed by atoms with Crippen LogP contribution in [0.1, 0.15) is 0 Å². The van der Waals surface area contributed by atoms with E-state index in [2.05, 4.69) is 20.9 Å². The van der Waals surface area contributed by atoms with Gasteiger partial charge in [-0.2, -0.15) is 0 Å². The van der Waals surface area contributed by atoms with Crippen LogP contribution in [0.25, 0.3) is 5.69 Å². The van der Waals surface area contributed by atoms with Crippen LogP contribution < -0.4 is 16.0 Å². The molecule has 0 atom stereocenters. The highest BCUT2D eigenvalue weighted by Crippen LogP contribution is 2.26. The zero-order chi connectivity index (χ0) is 17.3. The summed E-state index contributed by atoms with van der Waals surface area (Å²) in [7, 11) is 0. The van der Waals surface area contributed by atoms with Crippen LogP contribution in [0.4, 0.5) is 0 Å². The molecule has 5 nitrogen and oxygen atoms in total. The van der Waals surface area contributed by atoms with Crippen LogP contribution in [0.2, 0.25) is 10.0 Å². The molecular weight excluding hydrogens is 419 g/mol. The summed E-state index contributed by atoms with van der Waals surface area (Å²) in [6.45, 7) is 0. The molecule has 0 radical (unpaired) electrons. The number of nitrogens with one attached hydrogen (secondary N) is 1. The number of para-hydroxylation sites is 1. The van der Waals surface area contributed by atoms with Crippen molar-refractivity contribution in [3.63, 3.8) is 0 Å². The van der Waals surface area contributed by atoms with Crippen molar-refractivity contribution in [1.29, 1.82) is 0 Å². The Kier molecular flexibility index (Phi) is 4.80. The Hall–Kier alpha value is -2.02. The number of hydrogen-bond donors (Lipinski definition) is 1. The molecule has 0 amide bonds. The third kappa shape index (κ3) is 3.26. The van der Waals surface area contributed by atoms with Crippen LogP contribution in [-0.4, -0.2) is 9.55 Å². The van der Waals surface area contributed by atoms with Gasteiger partial charge in [0.15, 0.2) is 0 Å². The van der Waals surface area contributed by atoms with Crippen LogP contribution in [-0.2, 0) is 0 Å². The lowest BCUT2D eigenvalue weighted by atomic mass is 10.3. The normalized spacial score (nSPS) is 10.6. The number of aromatic amines is 1. The first-order valence-electron chi connectivity index (χ1n) is 6.70. The maximum Gasteiger partial charge on any atom is 0.335 e. The topological polar surface area (TPSA) is 64.1 Å². The second kappa shape index (κ2) is 6.84. The SMILES string of the molecule is O=c1[nH]c(Oc2ccccc2)c(Br)c(=O)n1-c1ccc(Cl)c(Cl)c1. The summed E-state index contributed by atoms with van der Waals surface area (Å²) in [6, 6.07) is 13.3. The van der Waals surface area contributed by atoms with E-state index in [-0.39, 0.29) is 15.4 Å². The molecule has 0 aliphatic rings. The third-order valence-electron chi connectivity index (χ3n) is 3.14. The van der Waals surface area contributed by atoms with E-state index in [9.17, 15) is 9.59 Å². The molecule has 0 bridgehead atoms. The molecule has 1 aromatic heterocycles. The standard InChI is InChI=1S/C16H9BrCl2N2O3/c17-13-14(24-10-4-2-1-3-5-10)20-16(23)21(15(13)22)9-6-7-11(18)12(19)8-9/h1-8H,(H,20,23). The van der Waals surface area contributed by atoms with E-state index in [0.29, 0.717) is 16.5 Å². The molecule has 0 saturated carbocycles. The number of H-pyrrole nitrogens is 1. The van der Waals surface area contributed by atoms with Crippen LogP contribution in [0.3, 0.4) is 0 Å². The van der Waals surface area contributed by atoms with Crippen molar-refractivity contribution in [2.75, 3.05) is 0 Å². The Morgan fingerprint density at radius 3 is 2.38 bits per heavy atom. The highest BCUT2D eigenvalue weighted by atomic mass is 79.9. The second-order valence-electron chi connectivity index (χ2n) is 4.73. The zero-order valence-electron chi connectivity index (χ0n) is 11.9. The van der Waals surface area contributed by atoms with Crippen molar-refractivity contribution >= 4 is 39.1 Å². The number of nitrogens with zero attached hydrogens (tertiary/aromatic N) is 1. The van der Waals surface area contributed by atoms with Crippen molar-refractivity contribution in [2.24, 2.45) is 0 Å². The van der Waals surface area contributed by atoms with Gasteiger partial charge < -0.3 is 4.74 Å². The highest BCUT2D eigenvalue weighted by molar-refractivity contribution is 9.10. The van der Waals surface area contributed by atoms with Crippen molar-refractivity contribution in [3.05, 3.63) is 83.9 Å². The Balaban J connectivity index is 2.11. The van der Waals surface area contributed by atoms with E-state index in [0.717, 1.165) is 4.57 Å². The molecule has 122 valence electrons. The minimum Gasteiger partial charge on any atom is -0.439 e. The summed E-state index contributed by atoms with van der Waals surface area (Å²) >= 11 is 15.0. The average molecular weight is 428 g/mol. The molecule has 1 N–H and O–H groups in total. The number of halogens is 3. The Labute approximate surface area is 154 Å². The first-order chi connectivity index (χ1) is 11.5. The molecule has 0 fully saturated rings. The molecular formula is C16H9BrCl2N2O3. The number of rotatable bonds is 3. The summed E-state index contributed by atoms with van der Waals surface area (Å²) in [5.41, 5.74) is -0.946. The predicted molar refractivity (Wildman–Crippen MR) is 96.9 cm³/mol. The van der Waals surface area contributed by atoms with Crippen LogP contribution in [0.5, 0.6) is 11.6 Å². The Morgan fingerprint density at radius 2 is 1.71 bits per heavy atom. The average Bonchev–Trinajstić information content (AvgIpc) is 2.56. The number of benzene rings is 2. The van der Waals surface area contributed by atoms with Gasteiger partial charge in [-0.3, -0.25) is 9.78 Å². The molecule has 24 heavy (non-hydrogen) atoms. The molecule has 1 heterocycles. The van der Waals surface area contributed by atoms with Gasteiger partial charge in [0.05, 0.1) is 15.7 Å². The molecule has 3 aromatic rings. The summed E-state index contributed by atoms with van der Waals surface area (Å²) in [5, 5.41) is 0.564. The number of hydrogen-bond acceptors (Lipinski definition) is 3. The first kappa shape index (κ1) is 16.8. The summed E-state index contributed by atoms with van der Waals surface area (Å²) in [5.74, 6) is 0.507. The van der Waals surface area contributed by atoms with Gasteiger partial charge in [0.25, 0.3) is 5.56 Å². The number of aromatic nitrogens is 2. The van der Waals surface area contributed by atoms with E-state index in [1.165, 1.54) is 18.2 Å².